The molecule has 0 radical (unpaired) electrons. The van der Waals surface area contributed by atoms with E-state index in [0.717, 1.165) is 18.4 Å². The van der Waals surface area contributed by atoms with Gasteiger partial charge in [-0.3, -0.25) is 4.79 Å². The van der Waals surface area contributed by atoms with Gasteiger partial charge >= 0.3 is 6.09 Å². The Balaban J connectivity index is 1.67. The van der Waals surface area contributed by atoms with Crippen molar-refractivity contribution in [1.29, 1.82) is 0 Å². The standard InChI is InChI=1S/C19H28N2O4/c1-14(2)12-25-19(23)20-16-8-10-21(11-9-16)18(22)13-24-17-6-4-15(3)5-7-17/h4-7,14,16H,8-13H2,1-3H3,(H,20,23). The zero-order chi connectivity index (χ0) is 18.2. The molecule has 0 aromatic heterocycles. The van der Waals surface area contributed by atoms with Gasteiger partial charge in [-0.25, -0.2) is 4.79 Å². The van der Waals surface area contributed by atoms with E-state index in [1.165, 1.54) is 0 Å². The molecule has 6 heteroatoms. The van der Waals surface area contributed by atoms with Crippen LogP contribution in [-0.4, -0.2) is 49.2 Å². The van der Waals surface area contributed by atoms with Crippen molar-refractivity contribution in [2.24, 2.45) is 5.92 Å². The molecule has 1 fully saturated rings. The second-order valence-corrected chi connectivity index (χ2v) is 6.89. The third kappa shape index (κ3) is 6.64. The number of piperidine rings is 1. The van der Waals surface area contributed by atoms with E-state index in [2.05, 4.69) is 5.32 Å². The fourth-order valence-electron chi connectivity index (χ4n) is 2.59. The van der Waals surface area contributed by atoms with Gasteiger partial charge < -0.3 is 19.7 Å². The molecule has 25 heavy (non-hydrogen) atoms. The lowest BCUT2D eigenvalue weighted by Crippen LogP contribution is -2.47. The van der Waals surface area contributed by atoms with Gasteiger partial charge in [-0.05, 0) is 37.8 Å². The van der Waals surface area contributed by atoms with Crippen LogP contribution in [0, 0.1) is 12.8 Å². The number of likely N-dealkylation sites (tertiary alicyclic amines) is 1. The summed E-state index contributed by atoms with van der Waals surface area (Å²) >= 11 is 0. The van der Waals surface area contributed by atoms with Gasteiger partial charge in [-0.1, -0.05) is 31.5 Å². The average molecular weight is 348 g/mol. The van der Waals surface area contributed by atoms with Crippen molar-refractivity contribution >= 4 is 12.0 Å². The van der Waals surface area contributed by atoms with Gasteiger partial charge in [0.15, 0.2) is 6.61 Å². The molecule has 1 heterocycles. The minimum absolute atomic E-state index is 0.0265. The molecule has 6 nitrogen and oxygen atoms in total. The molecule has 0 aliphatic carbocycles. The van der Waals surface area contributed by atoms with Crippen LogP contribution in [0.3, 0.4) is 0 Å². The highest BCUT2D eigenvalue weighted by Crippen LogP contribution is 2.14. The van der Waals surface area contributed by atoms with Gasteiger partial charge in [0, 0.05) is 19.1 Å². The first-order valence-corrected chi connectivity index (χ1v) is 8.84. The normalized spacial score (nSPS) is 15.1. The summed E-state index contributed by atoms with van der Waals surface area (Å²) in [5.41, 5.74) is 1.15. The summed E-state index contributed by atoms with van der Waals surface area (Å²) in [5.74, 6) is 0.989. The van der Waals surface area contributed by atoms with E-state index in [0.29, 0.717) is 31.4 Å². The van der Waals surface area contributed by atoms with Crippen LogP contribution in [-0.2, 0) is 9.53 Å². The SMILES string of the molecule is Cc1ccc(OCC(=O)N2CCC(NC(=O)OCC(C)C)CC2)cc1. The highest BCUT2D eigenvalue weighted by Gasteiger charge is 2.24. The molecule has 1 aliphatic rings. The predicted octanol–water partition coefficient (Wildman–Crippen LogP) is 2.75. The van der Waals surface area contributed by atoms with Gasteiger partial charge in [0.05, 0.1) is 6.61 Å². The summed E-state index contributed by atoms with van der Waals surface area (Å²) in [6.07, 6.45) is 1.08. The molecule has 1 aromatic carbocycles. The number of carbonyl (C=O) groups is 2. The highest BCUT2D eigenvalue weighted by molar-refractivity contribution is 5.78. The number of nitrogens with zero attached hydrogens (tertiary/aromatic N) is 1. The Morgan fingerprint density at radius 1 is 1.20 bits per heavy atom. The van der Waals surface area contributed by atoms with Crippen LogP contribution < -0.4 is 10.1 Å². The monoisotopic (exact) mass is 348 g/mol. The number of hydrogen-bond acceptors (Lipinski definition) is 4. The second-order valence-electron chi connectivity index (χ2n) is 6.89. The molecule has 0 spiro atoms. The Bertz CT molecular complexity index is 563. The molecule has 1 N–H and O–H groups in total. The zero-order valence-corrected chi connectivity index (χ0v) is 15.3. The van der Waals surface area contributed by atoms with Crippen LogP contribution in [0.25, 0.3) is 0 Å². The molecule has 1 aliphatic heterocycles. The number of carbonyl (C=O) groups excluding carboxylic acids is 2. The van der Waals surface area contributed by atoms with E-state index in [-0.39, 0.29) is 24.6 Å². The van der Waals surface area contributed by atoms with Crippen LogP contribution in [0.15, 0.2) is 24.3 Å². The van der Waals surface area contributed by atoms with Gasteiger partial charge in [-0.15, -0.1) is 0 Å². The quantitative estimate of drug-likeness (QED) is 0.858. The molecule has 1 saturated heterocycles. The molecule has 2 amide bonds. The fourth-order valence-corrected chi connectivity index (χ4v) is 2.59. The summed E-state index contributed by atoms with van der Waals surface area (Å²) in [5, 5.41) is 2.87. The lowest BCUT2D eigenvalue weighted by molar-refractivity contribution is -0.134. The number of hydrogen-bond donors (Lipinski definition) is 1. The van der Waals surface area contributed by atoms with Gasteiger partial charge in [0.1, 0.15) is 5.75 Å². The van der Waals surface area contributed by atoms with Crippen LogP contribution in [0.1, 0.15) is 32.3 Å². The van der Waals surface area contributed by atoms with Crippen molar-refractivity contribution in [2.45, 2.75) is 39.7 Å². The lowest BCUT2D eigenvalue weighted by Gasteiger charge is -2.32. The Morgan fingerprint density at radius 3 is 2.44 bits per heavy atom. The molecular weight excluding hydrogens is 320 g/mol. The third-order valence-electron chi connectivity index (χ3n) is 4.10. The van der Waals surface area contributed by atoms with Gasteiger partial charge in [0.25, 0.3) is 5.91 Å². The number of alkyl carbamates (subject to hydrolysis) is 1. The summed E-state index contributed by atoms with van der Waals surface area (Å²) < 4.78 is 10.7. The number of benzene rings is 1. The van der Waals surface area contributed by atoms with Crippen LogP contribution >= 0.6 is 0 Å². The first kappa shape index (κ1) is 19.1. The smallest absolute Gasteiger partial charge is 0.407 e. The van der Waals surface area contributed by atoms with Crippen molar-refractivity contribution in [3.8, 4) is 5.75 Å². The van der Waals surface area contributed by atoms with E-state index in [1.807, 2.05) is 45.0 Å². The fraction of sp³-hybridized carbons (Fsp3) is 0.579. The van der Waals surface area contributed by atoms with E-state index in [1.54, 1.807) is 4.90 Å². The van der Waals surface area contributed by atoms with Crippen molar-refractivity contribution < 1.29 is 19.1 Å². The maximum absolute atomic E-state index is 12.2. The molecule has 0 saturated carbocycles. The Hall–Kier alpha value is -2.24. The number of rotatable bonds is 6. The Morgan fingerprint density at radius 2 is 1.84 bits per heavy atom. The Kier molecular flexibility index (Phi) is 7.10. The van der Waals surface area contributed by atoms with E-state index in [9.17, 15) is 9.59 Å². The van der Waals surface area contributed by atoms with Crippen molar-refractivity contribution in [3.05, 3.63) is 29.8 Å². The van der Waals surface area contributed by atoms with E-state index < -0.39 is 0 Å². The number of aryl methyl sites for hydroxylation is 1. The molecule has 0 atom stereocenters. The molecule has 138 valence electrons. The molecular formula is C19H28N2O4. The van der Waals surface area contributed by atoms with Crippen LogP contribution in [0.4, 0.5) is 4.79 Å². The minimum atomic E-state index is -0.374. The average Bonchev–Trinajstić information content (AvgIpc) is 2.60. The minimum Gasteiger partial charge on any atom is -0.484 e. The number of amides is 2. The number of ether oxygens (including phenoxy) is 2. The van der Waals surface area contributed by atoms with Gasteiger partial charge in [0.2, 0.25) is 0 Å². The van der Waals surface area contributed by atoms with Crippen LogP contribution in [0.5, 0.6) is 5.75 Å². The van der Waals surface area contributed by atoms with Gasteiger partial charge in [-0.2, -0.15) is 0 Å². The lowest BCUT2D eigenvalue weighted by atomic mass is 10.1. The van der Waals surface area contributed by atoms with Crippen molar-refractivity contribution in [2.75, 3.05) is 26.3 Å². The predicted molar refractivity (Wildman–Crippen MR) is 95.6 cm³/mol. The van der Waals surface area contributed by atoms with Crippen molar-refractivity contribution in [3.63, 3.8) is 0 Å². The summed E-state index contributed by atoms with van der Waals surface area (Å²) in [7, 11) is 0. The highest BCUT2D eigenvalue weighted by atomic mass is 16.5. The first-order valence-electron chi connectivity index (χ1n) is 8.84. The summed E-state index contributed by atoms with van der Waals surface area (Å²) in [6, 6.07) is 7.69. The van der Waals surface area contributed by atoms with Crippen LogP contribution in [0.2, 0.25) is 0 Å². The molecule has 0 bridgehead atoms. The van der Waals surface area contributed by atoms with Crippen molar-refractivity contribution in [1.82, 2.24) is 10.2 Å². The second kappa shape index (κ2) is 9.30. The summed E-state index contributed by atoms with van der Waals surface area (Å²) in [6.45, 7) is 7.69. The van der Waals surface area contributed by atoms with E-state index in [4.69, 9.17) is 9.47 Å². The summed E-state index contributed by atoms with van der Waals surface area (Å²) in [4.78, 5) is 25.7. The first-order chi connectivity index (χ1) is 11.9. The number of nitrogens with one attached hydrogen (secondary N) is 1. The molecule has 0 unspecified atom stereocenters. The molecule has 2 rings (SSSR count). The topological polar surface area (TPSA) is 67.9 Å². The molecule has 1 aromatic rings. The Labute approximate surface area is 149 Å². The van der Waals surface area contributed by atoms with E-state index >= 15 is 0 Å². The zero-order valence-electron chi connectivity index (χ0n) is 15.3. The third-order valence-corrected chi connectivity index (χ3v) is 4.10. The largest absolute Gasteiger partial charge is 0.484 e. The maximum atomic E-state index is 12.2. The maximum Gasteiger partial charge on any atom is 0.407 e.